The highest BCUT2D eigenvalue weighted by atomic mass is 31.2. The van der Waals surface area contributed by atoms with Gasteiger partial charge >= 0.3 is 25.7 Å². The predicted molar refractivity (Wildman–Crippen MR) is 325 cm³/mol. The molecule has 0 radical (unpaired) electrons. The fourth-order valence-corrected chi connectivity index (χ4v) is 8.76. The van der Waals surface area contributed by atoms with E-state index in [9.17, 15) is 28.9 Å². The maximum Gasteiger partial charge on any atom is 0.472 e. The maximum absolute atomic E-state index is 12.9. The zero-order valence-corrected chi connectivity index (χ0v) is 50.2. The van der Waals surface area contributed by atoms with Gasteiger partial charge in [-0.1, -0.05) is 214 Å². The number of esters is 3. The third kappa shape index (κ3) is 56.8. The number of carbonyl (C=O) groups excluding carboxylic acids is 3. The van der Waals surface area contributed by atoms with Crippen molar-refractivity contribution in [2.45, 2.75) is 264 Å². The molecule has 3 atom stereocenters. The fourth-order valence-electron chi connectivity index (χ4n) is 7.97. The molecule has 3 unspecified atom stereocenters. The van der Waals surface area contributed by atoms with Crippen molar-refractivity contribution in [3.8, 4) is 0 Å². The molecule has 0 fully saturated rings. The van der Waals surface area contributed by atoms with Gasteiger partial charge in [0.15, 0.2) is 6.10 Å². The van der Waals surface area contributed by atoms with E-state index >= 15 is 0 Å². The van der Waals surface area contributed by atoms with E-state index in [2.05, 4.69) is 130 Å². The number of hydrogen-bond acceptors (Lipinski definition) is 10. The normalized spacial score (nSPS) is 14.1. The molecule has 0 heterocycles. The van der Waals surface area contributed by atoms with E-state index in [-0.39, 0.29) is 25.9 Å². The van der Waals surface area contributed by atoms with Crippen LogP contribution in [0.5, 0.6) is 0 Å². The Hall–Kier alpha value is -3.86. The summed E-state index contributed by atoms with van der Waals surface area (Å²) < 4.78 is 39.6. The average molecular weight is 1110 g/mol. The lowest BCUT2D eigenvalue weighted by molar-refractivity contribution is -0.161. The van der Waals surface area contributed by atoms with E-state index in [1.54, 1.807) is 0 Å². The number of carbonyl (C=O) groups is 3. The van der Waals surface area contributed by atoms with Crippen molar-refractivity contribution in [1.29, 1.82) is 0 Å². The summed E-state index contributed by atoms with van der Waals surface area (Å²) >= 11 is 0. The van der Waals surface area contributed by atoms with Crippen molar-refractivity contribution >= 4 is 25.7 Å². The van der Waals surface area contributed by atoms with Crippen LogP contribution in [0.4, 0.5) is 0 Å². The largest absolute Gasteiger partial charge is 0.472 e. The van der Waals surface area contributed by atoms with Crippen molar-refractivity contribution in [1.82, 2.24) is 0 Å². The Kier molecular flexibility index (Phi) is 56.3. The quantitative estimate of drug-likeness (QED) is 0.0197. The lowest BCUT2D eigenvalue weighted by Gasteiger charge is -2.21. The molecule has 0 bridgehead atoms. The van der Waals surface area contributed by atoms with E-state index in [0.29, 0.717) is 19.3 Å². The van der Waals surface area contributed by atoms with Gasteiger partial charge in [0.1, 0.15) is 12.7 Å². The first kappa shape index (κ1) is 74.1. The molecule has 12 heteroatoms. The third-order valence-corrected chi connectivity index (χ3v) is 13.6. The van der Waals surface area contributed by atoms with Crippen LogP contribution in [0.25, 0.3) is 0 Å². The van der Waals surface area contributed by atoms with Crippen LogP contribution < -0.4 is 0 Å². The summed E-state index contributed by atoms with van der Waals surface area (Å²) in [5.41, 5.74) is 0. The van der Waals surface area contributed by atoms with Crippen LogP contribution in [-0.2, 0) is 42.2 Å². The summed E-state index contributed by atoms with van der Waals surface area (Å²) in [7, 11) is -4.77. The number of hydrogen-bond donors (Lipinski definition) is 2. The highest BCUT2D eigenvalue weighted by molar-refractivity contribution is 7.47. The third-order valence-electron chi connectivity index (χ3n) is 12.6. The molecule has 78 heavy (non-hydrogen) atoms. The number of phosphoric ester groups is 1. The smallest absolute Gasteiger partial charge is 0.462 e. The predicted octanol–water partition coefficient (Wildman–Crippen LogP) is 18.6. The summed E-state index contributed by atoms with van der Waals surface area (Å²) in [6.07, 6.45) is 71.8. The van der Waals surface area contributed by atoms with E-state index in [4.69, 9.17) is 23.3 Å². The minimum absolute atomic E-state index is 0.145. The van der Waals surface area contributed by atoms with Crippen LogP contribution >= 0.6 is 7.82 Å². The Morgan fingerprint density at radius 3 is 1.04 bits per heavy atom. The molecule has 0 rings (SSSR count). The first-order valence-corrected chi connectivity index (χ1v) is 32.3. The topological polar surface area (TPSA) is 155 Å². The van der Waals surface area contributed by atoms with Crippen LogP contribution in [0, 0.1) is 0 Å². The van der Waals surface area contributed by atoms with Crippen molar-refractivity contribution in [3.05, 3.63) is 109 Å². The molecular formula is C66H111O11P. The second kappa shape index (κ2) is 59.3. The van der Waals surface area contributed by atoms with Crippen LogP contribution in [0.2, 0.25) is 0 Å². The van der Waals surface area contributed by atoms with Crippen LogP contribution in [0.15, 0.2) is 109 Å². The fraction of sp³-hybridized carbons (Fsp3) is 0.682. The number of unbranched alkanes of at least 4 members (excludes halogenated alkanes) is 21. The van der Waals surface area contributed by atoms with Gasteiger partial charge < -0.3 is 24.2 Å². The van der Waals surface area contributed by atoms with Crippen molar-refractivity contribution < 1.29 is 52.2 Å². The zero-order chi connectivity index (χ0) is 56.9. The molecular weight excluding hydrogens is 1000 g/mol. The molecule has 0 aromatic rings. The average Bonchev–Trinajstić information content (AvgIpc) is 3.43. The first-order valence-electron chi connectivity index (χ1n) is 30.8. The second-order valence-electron chi connectivity index (χ2n) is 20.1. The van der Waals surface area contributed by atoms with Crippen molar-refractivity contribution in [3.63, 3.8) is 0 Å². The molecule has 0 aromatic heterocycles. The first-order chi connectivity index (χ1) is 38.2. The van der Waals surface area contributed by atoms with E-state index in [1.165, 1.54) is 57.8 Å². The Balaban J connectivity index is 4.81. The molecule has 0 aromatic carbocycles. The van der Waals surface area contributed by atoms with Crippen LogP contribution in [0.1, 0.15) is 252 Å². The number of aliphatic hydroxyl groups excluding tert-OH is 1. The monoisotopic (exact) mass is 1110 g/mol. The van der Waals surface area contributed by atoms with Crippen LogP contribution in [0.3, 0.4) is 0 Å². The Morgan fingerprint density at radius 2 is 0.667 bits per heavy atom. The summed E-state index contributed by atoms with van der Waals surface area (Å²) in [5.74, 6) is -1.53. The highest BCUT2D eigenvalue weighted by Gasteiger charge is 2.28. The second-order valence-corrected chi connectivity index (χ2v) is 21.6. The zero-order valence-electron chi connectivity index (χ0n) is 49.3. The van der Waals surface area contributed by atoms with Gasteiger partial charge in [-0.3, -0.25) is 23.4 Å². The highest BCUT2D eigenvalue weighted by Crippen LogP contribution is 2.43. The number of ether oxygens (including phenoxy) is 3. The molecule has 0 amide bonds. The number of allylic oxidation sites excluding steroid dienone is 18. The summed E-state index contributed by atoms with van der Waals surface area (Å²) in [4.78, 5) is 48.7. The van der Waals surface area contributed by atoms with Gasteiger partial charge in [0.25, 0.3) is 0 Å². The Bertz CT molecular complexity index is 1720. The molecule has 0 aliphatic rings. The standard InChI is InChI=1S/C66H111O11P/c1-4-7-10-13-16-19-22-25-28-30-31-33-35-37-40-43-46-49-52-55-64(68)73-59-63(77-66(70)57-54-51-48-45-42-39-36-32-29-26-23-20-17-14-11-8-5-2)61-75-78(71,72)74-60-62(58-67)76-65(69)56-53-50-47-44-41-38-34-27-24-21-18-15-12-9-6-3/h7,10,16-21,25-29,31,33-34,37,40,62-63,67H,4-6,8-9,11-15,22-24,30,32,35-36,38-39,41-61H2,1-3H3,(H,71,72)/b10-7-,19-16-,20-17-,21-18-,28-25-,29-26-,33-31-,34-27-,40-37-. The molecule has 0 saturated heterocycles. The lowest BCUT2D eigenvalue weighted by atomic mass is 10.1. The summed E-state index contributed by atoms with van der Waals surface area (Å²) in [6.45, 7) is 4.42. The van der Waals surface area contributed by atoms with Gasteiger partial charge in [-0.25, -0.2) is 4.57 Å². The minimum atomic E-state index is -4.77. The Labute approximate surface area is 475 Å². The summed E-state index contributed by atoms with van der Waals surface area (Å²) in [6, 6.07) is 0. The van der Waals surface area contributed by atoms with Gasteiger partial charge in [-0.15, -0.1) is 0 Å². The van der Waals surface area contributed by atoms with Gasteiger partial charge in [0.2, 0.25) is 0 Å². The van der Waals surface area contributed by atoms with Crippen molar-refractivity contribution in [2.75, 3.05) is 26.4 Å². The minimum Gasteiger partial charge on any atom is -0.462 e. The van der Waals surface area contributed by atoms with Crippen LogP contribution in [-0.4, -0.2) is 66.5 Å². The van der Waals surface area contributed by atoms with Crippen molar-refractivity contribution in [2.24, 2.45) is 0 Å². The number of aliphatic hydroxyl groups is 1. The van der Waals surface area contributed by atoms with Gasteiger partial charge in [-0.05, 0) is 128 Å². The van der Waals surface area contributed by atoms with Gasteiger partial charge in [0.05, 0.1) is 19.8 Å². The van der Waals surface area contributed by atoms with E-state index < -0.39 is 57.8 Å². The molecule has 11 nitrogen and oxygen atoms in total. The summed E-state index contributed by atoms with van der Waals surface area (Å²) in [5, 5.41) is 9.83. The molecule has 0 saturated carbocycles. The molecule has 0 spiro atoms. The molecule has 0 aliphatic heterocycles. The Morgan fingerprint density at radius 1 is 0.372 bits per heavy atom. The van der Waals surface area contributed by atoms with Gasteiger partial charge in [0, 0.05) is 19.3 Å². The van der Waals surface area contributed by atoms with E-state index in [0.717, 1.165) is 135 Å². The molecule has 2 N–H and O–H groups in total. The lowest BCUT2D eigenvalue weighted by Crippen LogP contribution is -2.30. The molecule has 446 valence electrons. The maximum atomic E-state index is 12.9. The number of rotatable bonds is 56. The molecule has 0 aliphatic carbocycles. The number of phosphoric acid groups is 1. The van der Waals surface area contributed by atoms with E-state index in [1.807, 2.05) is 0 Å². The van der Waals surface area contributed by atoms with Gasteiger partial charge in [-0.2, -0.15) is 0 Å². The SMILES string of the molecule is CC/C=C\C/C=C\C/C=C\C/C=C\C/C=C\CCCCCC(=O)OCC(COP(=O)(O)OCC(CO)OC(=O)CCCCCCC/C=C\C/C=C\CCCCC)OC(=O)CCCCCCCCC/C=C\C/C=C\CCCCC.